The first-order valence-electron chi connectivity index (χ1n) is 9.67. The second-order valence-electron chi connectivity index (χ2n) is 7.56. The Kier molecular flexibility index (Phi) is 7.31. The van der Waals surface area contributed by atoms with Crippen molar-refractivity contribution in [3.05, 3.63) is 38.9 Å². The van der Waals surface area contributed by atoms with Gasteiger partial charge in [0.15, 0.2) is 0 Å². The van der Waals surface area contributed by atoms with Crippen LogP contribution >= 0.6 is 10.2 Å². The first kappa shape index (κ1) is 29.7. The Labute approximate surface area is 201 Å². The van der Waals surface area contributed by atoms with Crippen molar-refractivity contribution in [1.29, 1.82) is 0 Å². The summed E-state index contributed by atoms with van der Waals surface area (Å²) in [5, 5.41) is 8.91. The van der Waals surface area contributed by atoms with E-state index in [0.717, 1.165) is 20.8 Å². The van der Waals surface area contributed by atoms with Gasteiger partial charge in [0.05, 0.1) is 5.57 Å². The summed E-state index contributed by atoms with van der Waals surface area (Å²) in [6.45, 7) is 2.07. The molecule has 1 aliphatic heterocycles. The molecule has 0 saturated carbocycles. The van der Waals surface area contributed by atoms with Gasteiger partial charge in [-0.2, -0.15) is 13.2 Å². The van der Waals surface area contributed by atoms with Crippen molar-refractivity contribution >= 4 is 28.4 Å². The van der Waals surface area contributed by atoms with Gasteiger partial charge in [-0.25, -0.2) is 9.59 Å². The van der Waals surface area contributed by atoms with Crippen LogP contribution in [0.25, 0.3) is 6.08 Å². The molecule has 0 bridgehead atoms. The van der Waals surface area contributed by atoms with Crippen LogP contribution < -0.4 is 4.74 Å². The largest absolute Gasteiger partial charge is 0.511 e. The van der Waals surface area contributed by atoms with Crippen molar-refractivity contribution in [2.24, 2.45) is 0 Å². The maximum absolute atomic E-state index is 13.6. The quantitative estimate of drug-likeness (QED) is 0.121. The van der Waals surface area contributed by atoms with Gasteiger partial charge in [-0.15, -0.1) is 10.1 Å². The van der Waals surface area contributed by atoms with Crippen LogP contribution in [0.15, 0.2) is 22.6 Å². The van der Waals surface area contributed by atoms with E-state index in [0.29, 0.717) is 0 Å². The molecule has 1 aromatic carbocycles. The number of nitrogens with zero attached hydrogens (tertiary/aromatic N) is 1. The van der Waals surface area contributed by atoms with E-state index >= 15 is 0 Å². The first-order chi connectivity index (χ1) is 16.5. The van der Waals surface area contributed by atoms with Gasteiger partial charge in [0.25, 0.3) is 5.09 Å². The molecule has 0 aromatic heterocycles. The molecule has 0 aliphatic carbocycles. The number of carbonyl (C=O) groups excluding carboxylic acids is 2. The molecule has 1 aliphatic rings. The average Bonchev–Trinajstić information content (AvgIpc) is 2.68. The van der Waals surface area contributed by atoms with Gasteiger partial charge in [0.1, 0.15) is 23.4 Å². The minimum atomic E-state index is -10.3. The molecule has 0 fully saturated rings. The summed E-state index contributed by atoms with van der Waals surface area (Å²) >= 11 is 0. The summed E-state index contributed by atoms with van der Waals surface area (Å²) in [4.78, 5) is 35.6. The average molecular weight is 575 g/mol. The molecule has 0 N–H and O–H groups in total. The molecule has 0 radical (unpaired) electrons. The van der Waals surface area contributed by atoms with Gasteiger partial charge >= 0.3 is 28.5 Å². The highest BCUT2D eigenvalue weighted by atomic mass is 32.5. The van der Waals surface area contributed by atoms with E-state index in [1.165, 1.54) is 0 Å². The van der Waals surface area contributed by atoms with E-state index < -0.39 is 86.1 Å². The fourth-order valence-corrected chi connectivity index (χ4v) is 3.61. The molecule has 19 heteroatoms. The third-order valence-electron chi connectivity index (χ3n) is 4.33. The highest BCUT2D eigenvalue weighted by molar-refractivity contribution is 8.45. The summed E-state index contributed by atoms with van der Waals surface area (Å²) in [6.07, 6.45) is -12.9. The molecule has 2 unspecified atom stereocenters. The standard InChI is InChI=1S/C18H17F8NO9S/c1-8-4-12(37(22,23,24,25)26)5-11-6-13(15(18(19,20)21)36-14(8)11)16(28)34-10(3)35-17(29)33-9(2)7-32-27(30)31/h4-6,9-10,15H,7H2,1-3H3/t9-,10?,15?/m0/s1. The fourth-order valence-electron chi connectivity index (χ4n) is 2.86. The van der Waals surface area contributed by atoms with Crippen LogP contribution in [0.3, 0.4) is 0 Å². The van der Waals surface area contributed by atoms with Crippen molar-refractivity contribution in [3.63, 3.8) is 0 Å². The molecule has 3 atom stereocenters. The molecule has 2 rings (SSSR count). The van der Waals surface area contributed by atoms with Crippen molar-refractivity contribution < 1.29 is 71.1 Å². The van der Waals surface area contributed by atoms with Crippen molar-refractivity contribution in [2.45, 2.75) is 50.3 Å². The summed E-state index contributed by atoms with van der Waals surface area (Å²) in [5.41, 5.74) is -3.06. The van der Waals surface area contributed by atoms with Gasteiger partial charge in [0, 0.05) is 12.5 Å². The van der Waals surface area contributed by atoms with Crippen LogP contribution in [0.4, 0.5) is 37.4 Å². The van der Waals surface area contributed by atoms with E-state index in [4.69, 9.17) is 0 Å². The van der Waals surface area contributed by atoms with E-state index in [-0.39, 0.29) is 18.2 Å². The fraction of sp³-hybridized carbons (Fsp3) is 0.444. The van der Waals surface area contributed by atoms with Gasteiger partial charge in [-0.3, -0.25) is 0 Å². The molecule has 1 aromatic rings. The Morgan fingerprint density at radius 3 is 2.22 bits per heavy atom. The van der Waals surface area contributed by atoms with Crippen molar-refractivity contribution in [3.8, 4) is 5.75 Å². The third-order valence-corrected chi connectivity index (χ3v) is 5.46. The molecule has 1 heterocycles. The minimum Gasteiger partial charge on any atom is -0.475 e. The zero-order chi connectivity index (χ0) is 28.6. The number of benzene rings is 1. The maximum Gasteiger partial charge on any atom is 0.511 e. The van der Waals surface area contributed by atoms with Crippen LogP contribution in [0, 0.1) is 17.0 Å². The zero-order valence-corrected chi connectivity index (χ0v) is 19.5. The SMILES string of the molecule is Cc1cc(S(F)(F)(F)(F)F)cc2c1OC(C(F)(F)F)C(C(=O)OC(C)OC(=O)O[C@@H](C)CO[N+](=O)[O-])=C2. The molecular formula is C18H17F8NO9S. The number of aryl methyl sites for hydroxylation is 1. The molecule has 0 spiro atoms. The van der Waals surface area contributed by atoms with E-state index in [1.807, 2.05) is 0 Å². The summed E-state index contributed by atoms with van der Waals surface area (Å²) in [5.74, 6) is -2.71. The number of rotatable bonds is 8. The topological polar surface area (TPSA) is 123 Å². The highest BCUT2D eigenvalue weighted by Crippen LogP contribution is 3.02. The molecular weight excluding hydrogens is 558 g/mol. The molecule has 0 amide bonds. The van der Waals surface area contributed by atoms with Crippen LogP contribution in [0.5, 0.6) is 5.75 Å². The first-order valence-corrected chi connectivity index (χ1v) is 11.6. The number of ether oxygens (including phenoxy) is 4. The Balaban J connectivity index is 2.30. The Hall–Kier alpha value is -3.51. The Morgan fingerprint density at radius 1 is 1.11 bits per heavy atom. The zero-order valence-electron chi connectivity index (χ0n) is 18.7. The third kappa shape index (κ3) is 7.99. The van der Waals surface area contributed by atoms with Crippen molar-refractivity contribution in [2.75, 3.05) is 6.61 Å². The van der Waals surface area contributed by atoms with Gasteiger partial charge in [-0.05, 0) is 37.6 Å². The Bertz CT molecular complexity index is 1140. The number of carbonyl (C=O) groups is 2. The number of fused-ring (bicyclic) bond motifs is 1. The lowest BCUT2D eigenvalue weighted by Gasteiger charge is -2.41. The van der Waals surface area contributed by atoms with E-state index in [2.05, 4.69) is 23.8 Å². The smallest absolute Gasteiger partial charge is 0.475 e. The van der Waals surface area contributed by atoms with Crippen LogP contribution in [0.2, 0.25) is 0 Å². The summed E-state index contributed by atoms with van der Waals surface area (Å²) in [7, 11) is -10.3. The lowest BCUT2D eigenvalue weighted by Crippen LogP contribution is -2.41. The minimum absolute atomic E-state index is 0.0792. The number of hydrogen-bond acceptors (Lipinski definition) is 9. The van der Waals surface area contributed by atoms with Crippen LogP contribution in [0.1, 0.15) is 25.0 Å². The predicted molar refractivity (Wildman–Crippen MR) is 107 cm³/mol. The number of hydrogen-bond donors (Lipinski definition) is 0. The molecule has 10 nitrogen and oxygen atoms in total. The summed E-state index contributed by atoms with van der Waals surface area (Å²) in [6, 6.07) is -0.250. The molecule has 210 valence electrons. The van der Waals surface area contributed by atoms with Gasteiger partial charge < -0.3 is 23.8 Å². The summed E-state index contributed by atoms with van der Waals surface area (Å²) < 4.78 is 125. The van der Waals surface area contributed by atoms with E-state index in [1.54, 1.807) is 0 Å². The lowest BCUT2D eigenvalue weighted by atomic mass is 9.99. The Morgan fingerprint density at radius 2 is 1.70 bits per heavy atom. The van der Waals surface area contributed by atoms with E-state index in [9.17, 15) is 52.3 Å². The lowest BCUT2D eigenvalue weighted by molar-refractivity contribution is -0.759. The van der Waals surface area contributed by atoms with Gasteiger partial charge in [-0.1, -0.05) is 19.4 Å². The number of alkyl halides is 3. The van der Waals surface area contributed by atoms with Crippen molar-refractivity contribution in [1.82, 2.24) is 0 Å². The monoisotopic (exact) mass is 575 g/mol. The molecule has 37 heavy (non-hydrogen) atoms. The van der Waals surface area contributed by atoms with Gasteiger partial charge in [0.2, 0.25) is 12.4 Å². The second-order valence-corrected chi connectivity index (χ2v) is 9.96. The van der Waals surface area contributed by atoms with Crippen LogP contribution in [-0.4, -0.2) is 48.5 Å². The number of esters is 1. The predicted octanol–water partition coefficient (Wildman–Crippen LogP) is 6.00. The highest BCUT2D eigenvalue weighted by Gasteiger charge is 2.65. The molecule has 0 saturated heterocycles. The second kappa shape index (κ2) is 9.10. The maximum atomic E-state index is 13.6. The van der Waals surface area contributed by atoms with Crippen LogP contribution in [-0.2, 0) is 23.8 Å². The normalized spacial score (nSPS) is 19.0. The number of halogens is 8.